The molecule has 0 bridgehead atoms. The van der Waals surface area contributed by atoms with Gasteiger partial charge in [0.05, 0.1) is 16.6 Å². The molecule has 178 valence electrons. The zero-order chi connectivity index (χ0) is 24.4. The summed E-state index contributed by atoms with van der Waals surface area (Å²) in [6.07, 6.45) is 1.61. The second-order valence-corrected chi connectivity index (χ2v) is 8.84. The molecule has 35 heavy (non-hydrogen) atoms. The van der Waals surface area contributed by atoms with Crippen LogP contribution in [0.2, 0.25) is 0 Å². The molecule has 10 heteroatoms. The minimum atomic E-state index is -0.473. The summed E-state index contributed by atoms with van der Waals surface area (Å²) in [5, 5.41) is 0.498. The third kappa shape index (κ3) is 4.65. The number of carbonyl (C=O) groups is 2. The SMILES string of the molecule is CCn1c(C)nc2cc(C(=O)NNC(=O)c3cccnc3Sc3ccc4c(c3)OCCO4)ccc21. The fourth-order valence-electron chi connectivity index (χ4n) is 3.89. The van der Waals surface area contributed by atoms with Gasteiger partial charge in [0.2, 0.25) is 0 Å². The van der Waals surface area contributed by atoms with Gasteiger partial charge >= 0.3 is 0 Å². The Balaban J connectivity index is 1.28. The fraction of sp³-hybridized carbons (Fsp3) is 0.200. The lowest BCUT2D eigenvalue weighted by molar-refractivity contribution is 0.0844. The van der Waals surface area contributed by atoms with E-state index in [-0.39, 0.29) is 0 Å². The topological polar surface area (TPSA) is 107 Å². The smallest absolute Gasteiger partial charge is 0.272 e. The van der Waals surface area contributed by atoms with Crippen LogP contribution < -0.4 is 20.3 Å². The van der Waals surface area contributed by atoms with Gasteiger partial charge in [-0.3, -0.25) is 20.4 Å². The highest BCUT2D eigenvalue weighted by Crippen LogP contribution is 2.37. The largest absolute Gasteiger partial charge is 0.486 e. The molecule has 1 aliphatic heterocycles. The molecule has 0 spiro atoms. The van der Waals surface area contributed by atoms with Crippen LogP contribution in [0.25, 0.3) is 11.0 Å². The molecule has 5 rings (SSSR count). The Hall–Kier alpha value is -4.05. The van der Waals surface area contributed by atoms with Crippen molar-refractivity contribution in [2.24, 2.45) is 0 Å². The number of fused-ring (bicyclic) bond motifs is 2. The third-order valence-corrected chi connectivity index (χ3v) is 6.56. The van der Waals surface area contributed by atoms with Gasteiger partial charge in [-0.15, -0.1) is 0 Å². The van der Waals surface area contributed by atoms with Crippen molar-refractivity contribution in [1.29, 1.82) is 0 Å². The molecule has 2 aromatic heterocycles. The summed E-state index contributed by atoms with van der Waals surface area (Å²) in [6.45, 7) is 5.78. The number of rotatable bonds is 5. The molecule has 0 fully saturated rings. The second kappa shape index (κ2) is 9.67. The zero-order valence-corrected chi connectivity index (χ0v) is 20.0. The number of nitrogens with zero attached hydrogens (tertiary/aromatic N) is 3. The van der Waals surface area contributed by atoms with Crippen molar-refractivity contribution in [3.8, 4) is 11.5 Å². The lowest BCUT2D eigenvalue weighted by Crippen LogP contribution is -2.41. The maximum Gasteiger partial charge on any atom is 0.272 e. The van der Waals surface area contributed by atoms with Crippen LogP contribution in [-0.2, 0) is 6.54 Å². The van der Waals surface area contributed by atoms with Crippen LogP contribution in [0.1, 0.15) is 33.5 Å². The van der Waals surface area contributed by atoms with Crippen molar-refractivity contribution in [1.82, 2.24) is 25.4 Å². The molecule has 0 saturated heterocycles. The zero-order valence-electron chi connectivity index (χ0n) is 19.2. The second-order valence-electron chi connectivity index (χ2n) is 7.78. The number of hydrazine groups is 1. The first-order valence-corrected chi connectivity index (χ1v) is 11.9. The molecule has 0 saturated carbocycles. The molecule has 4 aromatic rings. The average Bonchev–Trinajstić information content (AvgIpc) is 3.21. The first kappa shape index (κ1) is 22.7. The van der Waals surface area contributed by atoms with E-state index in [0.717, 1.165) is 28.3 Å². The highest BCUT2D eigenvalue weighted by molar-refractivity contribution is 7.99. The quantitative estimate of drug-likeness (QED) is 0.411. The van der Waals surface area contributed by atoms with Crippen LogP contribution in [0.5, 0.6) is 11.5 Å². The third-order valence-electron chi connectivity index (χ3n) is 5.55. The Kier molecular flexibility index (Phi) is 6.28. The Morgan fingerprint density at radius 1 is 1.03 bits per heavy atom. The van der Waals surface area contributed by atoms with Gasteiger partial charge in [-0.1, -0.05) is 11.8 Å². The normalized spacial score (nSPS) is 12.4. The van der Waals surface area contributed by atoms with Crippen LogP contribution >= 0.6 is 11.8 Å². The highest BCUT2D eigenvalue weighted by Gasteiger charge is 2.18. The Morgan fingerprint density at radius 2 is 1.83 bits per heavy atom. The van der Waals surface area contributed by atoms with Crippen molar-refractivity contribution in [3.05, 3.63) is 71.7 Å². The molecule has 0 atom stereocenters. The van der Waals surface area contributed by atoms with Crippen LogP contribution in [0.15, 0.2) is 64.6 Å². The van der Waals surface area contributed by atoms with Crippen molar-refractivity contribution >= 4 is 34.6 Å². The number of hydrogen-bond donors (Lipinski definition) is 2. The minimum Gasteiger partial charge on any atom is -0.486 e. The first-order valence-electron chi connectivity index (χ1n) is 11.1. The van der Waals surface area contributed by atoms with Crippen molar-refractivity contribution < 1.29 is 19.1 Å². The molecule has 2 amide bonds. The van der Waals surface area contributed by atoms with E-state index in [9.17, 15) is 9.59 Å². The summed E-state index contributed by atoms with van der Waals surface area (Å²) in [4.78, 5) is 35.3. The van der Waals surface area contributed by atoms with Crippen LogP contribution in [0.3, 0.4) is 0 Å². The number of carbonyl (C=O) groups excluding carboxylic acids is 2. The molecule has 3 heterocycles. The minimum absolute atomic E-state index is 0.334. The van der Waals surface area contributed by atoms with Crippen molar-refractivity contribution in [3.63, 3.8) is 0 Å². The maximum atomic E-state index is 12.9. The number of imidazole rings is 1. The van der Waals surface area contributed by atoms with E-state index in [1.807, 2.05) is 38.1 Å². The molecule has 9 nitrogen and oxygen atoms in total. The monoisotopic (exact) mass is 489 g/mol. The number of nitrogens with one attached hydrogen (secondary N) is 2. The summed E-state index contributed by atoms with van der Waals surface area (Å²) >= 11 is 1.32. The maximum absolute atomic E-state index is 12.9. The summed E-state index contributed by atoms with van der Waals surface area (Å²) in [5.41, 5.74) is 7.39. The number of aromatic nitrogens is 3. The summed E-state index contributed by atoms with van der Waals surface area (Å²) in [6, 6.07) is 14.2. The lowest BCUT2D eigenvalue weighted by atomic mass is 10.2. The van der Waals surface area contributed by atoms with E-state index in [1.54, 1.807) is 30.5 Å². The summed E-state index contributed by atoms with van der Waals surface area (Å²) in [7, 11) is 0. The summed E-state index contributed by atoms with van der Waals surface area (Å²) < 4.78 is 13.3. The molecular weight excluding hydrogens is 466 g/mol. The standard InChI is InChI=1S/C25H23N5O4S/c1-3-30-15(2)27-19-13-16(6-8-20(19)30)23(31)28-29-24(32)18-5-4-10-26-25(18)35-17-7-9-21-22(14-17)34-12-11-33-21/h4-10,13-14H,3,11-12H2,1-2H3,(H,28,31)(H,29,32). The fourth-order valence-corrected chi connectivity index (χ4v) is 4.80. The van der Waals surface area contributed by atoms with Crippen LogP contribution in [-0.4, -0.2) is 39.6 Å². The molecule has 2 aromatic carbocycles. The Morgan fingerprint density at radius 3 is 2.66 bits per heavy atom. The Labute approximate surface area is 205 Å². The number of hydrogen-bond acceptors (Lipinski definition) is 7. The van der Waals surface area contributed by atoms with Crippen LogP contribution in [0.4, 0.5) is 0 Å². The van der Waals surface area contributed by atoms with Gasteiger partial charge in [0, 0.05) is 23.2 Å². The van der Waals surface area contributed by atoms with E-state index < -0.39 is 11.8 Å². The van der Waals surface area contributed by atoms with Gasteiger partial charge < -0.3 is 14.0 Å². The van der Waals surface area contributed by atoms with Gasteiger partial charge in [-0.2, -0.15) is 0 Å². The molecular formula is C25H23N5O4S. The van der Waals surface area contributed by atoms with E-state index in [4.69, 9.17) is 9.47 Å². The van der Waals surface area contributed by atoms with Crippen LogP contribution in [0, 0.1) is 6.92 Å². The molecule has 2 N–H and O–H groups in total. The number of ether oxygens (including phenoxy) is 2. The van der Waals surface area contributed by atoms with Gasteiger partial charge in [0.15, 0.2) is 11.5 Å². The Bertz CT molecular complexity index is 1430. The van der Waals surface area contributed by atoms with Gasteiger partial charge in [0.1, 0.15) is 24.1 Å². The van der Waals surface area contributed by atoms with Crippen molar-refractivity contribution in [2.75, 3.05) is 13.2 Å². The van der Waals surface area contributed by atoms with E-state index in [1.165, 1.54) is 11.8 Å². The van der Waals surface area contributed by atoms with Gasteiger partial charge in [0.25, 0.3) is 11.8 Å². The average molecular weight is 490 g/mol. The van der Waals surface area contributed by atoms with E-state index >= 15 is 0 Å². The number of amides is 2. The number of benzene rings is 2. The lowest BCUT2D eigenvalue weighted by Gasteiger charge is -2.18. The number of aryl methyl sites for hydroxylation is 2. The van der Waals surface area contributed by atoms with E-state index in [0.29, 0.717) is 40.9 Å². The van der Waals surface area contributed by atoms with Gasteiger partial charge in [-0.25, -0.2) is 9.97 Å². The molecule has 0 unspecified atom stereocenters. The first-order chi connectivity index (χ1) is 17.0. The molecule has 1 aliphatic rings. The van der Waals surface area contributed by atoms with Gasteiger partial charge in [-0.05, 0) is 62.4 Å². The predicted octanol–water partition coefficient (Wildman–Crippen LogP) is 3.76. The number of pyridine rings is 1. The van der Waals surface area contributed by atoms with E-state index in [2.05, 4.69) is 25.4 Å². The van der Waals surface area contributed by atoms with Crippen molar-refractivity contribution in [2.45, 2.75) is 30.3 Å². The molecule has 0 radical (unpaired) electrons. The summed E-state index contributed by atoms with van der Waals surface area (Å²) in [5.74, 6) is 1.32. The highest BCUT2D eigenvalue weighted by atomic mass is 32.2. The predicted molar refractivity (Wildman–Crippen MR) is 131 cm³/mol. The molecule has 0 aliphatic carbocycles.